The van der Waals surface area contributed by atoms with Crippen molar-refractivity contribution in [3.63, 3.8) is 0 Å². The van der Waals surface area contributed by atoms with Crippen LogP contribution < -0.4 is 10.1 Å². The Hall–Kier alpha value is -0.730. The van der Waals surface area contributed by atoms with Gasteiger partial charge in [-0.3, -0.25) is 0 Å². The van der Waals surface area contributed by atoms with Gasteiger partial charge in [0.05, 0.1) is 11.6 Å². The van der Waals surface area contributed by atoms with Crippen LogP contribution in [0.15, 0.2) is 18.2 Å². The Kier molecular flexibility index (Phi) is 5.79. The number of hydrogen-bond acceptors (Lipinski definition) is 2. The van der Waals surface area contributed by atoms with Gasteiger partial charge in [0.1, 0.15) is 5.75 Å². The van der Waals surface area contributed by atoms with Gasteiger partial charge in [0.25, 0.3) is 0 Å². The lowest BCUT2D eigenvalue weighted by molar-refractivity contribution is 0.268. The molecule has 0 aliphatic carbocycles. The minimum absolute atomic E-state index is 0.451. The number of halogens is 1. The molecule has 1 aromatic carbocycles. The molecule has 1 N–H and O–H groups in total. The molecule has 0 heterocycles. The number of hydrogen-bond donors (Lipinski definition) is 1. The van der Waals surface area contributed by atoms with E-state index in [1.807, 2.05) is 12.1 Å². The van der Waals surface area contributed by atoms with Crippen LogP contribution in [0.3, 0.4) is 0 Å². The molecule has 0 spiro atoms. The maximum absolute atomic E-state index is 6.18. The average Bonchev–Trinajstić information content (AvgIpc) is 2.24. The first-order valence-corrected chi connectivity index (χ1v) is 6.52. The Bertz CT molecular complexity index is 350. The zero-order chi connectivity index (χ0) is 12.8. The van der Waals surface area contributed by atoms with E-state index in [4.69, 9.17) is 16.3 Å². The summed E-state index contributed by atoms with van der Waals surface area (Å²) in [4.78, 5) is 0. The third-order valence-corrected chi connectivity index (χ3v) is 2.61. The first kappa shape index (κ1) is 14.3. The molecule has 3 heteroatoms. The number of rotatable bonds is 6. The Morgan fingerprint density at radius 1 is 1.24 bits per heavy atom. The molecule has 0 radical (unpaired) electrons. The molecule has 0 bridgehead atoms. The lowest BCUT2D eigenvalue weighted by Gasteiger charge is -2.16. The Morgan fingerprint density at radius 3 is 2.53 bits per heavy atom. The van der Waals surface area contributed by atoms with Crippen molar-refractivity contribution in [2.45, 2.75) is 40.3 Å². The fraction of sp³-hybridized carbons (Fsp3) is 0.571. The first-order chi connectivity index (χ1) is 8.00. The van der Waals surface area contributed by atoms with Gasteiger partial charge in [-0.1, -0.05) is 51.4 Å². The van der Waals surface area contributed by atoms with Crippen LogP contribution in [0, 0.1) is 5.92 Å². The van der Waals surface area contributed by atoms with Gasteiger partial charge in [0, 0.05) is 18.2 Å². The summed E-state index contributed by atoms with van der Waals surface area (Å²) in [5, 5.41) is 4.07. The smallest absolute Gasteiger partial charge is 0.142 e. The summed E-state index contributed by atoms with van der Waals surface area (Å²) in [6.45, 7) is 9.98. The summed E-state index contributed by atoms with van der Waals surface area (Å²) < 4.78 is 5.79. The van der Waals surface area contributed by atoms with Crippen molar-refractivity contribution in [2.75, 3.05) is 6.61 Å². The SMILES string of the molecule is CC(C)COc1c(Cl)cccc1CNC(C)C. The molecule has 0 atom stereocenters. The lowest BCUT2D eigenvalue weighted by atomic mass is 10.2. The fourth-order valence-corrected chi connectivity index (χ4v) is 1.67. The highest BCUT2D eigenvalue weighted by atomic mass is 35.5. The second-order valence-corrected chi connectivity index (χ2v) is 5.38. The third kappa shape index (κ3) is 4.97. The van der Waals surface area contributed by atoms with E-state index in [0.29, 0.717) is 23.6 Å². The normalized spacial score (nSPS) is 11.2. The van der Waals surface area contributed by atoms with Gasteiger partial charge in [-0.2, -0.15) is 0 Å². The molecule has 1 aromatic rings. The monoisotopic (exact) mass is 255 g/mol. The maximum atomic E-state index is 6.18. The molecule has 0 unspecified atom stereocenters. The molecule has 0 aromatic heterocycles. The molecular weight excluding hydrogens is 234 g/mol. The van der Waals surface area contributed by atoms with E-state index in [2.05, 4.69) is 39.1 Å². The van der Waals surface area contributed by atoms with E-state index in [1.54, 1.807) is 0 Å². The quantitative estimate of drug-likeness (QED) is 0.833. The molecule has 0 fully saturated rings. The fourth-order valence-electron chi connectivity index (χ4n) is 1.42. The summed E-state index contributed by atoms with van der Waals surface area (Å²) in [6, 6.07) is 6.33. The Labute approximate surface area is 109 Å². The Morgan fingerprint density at radius 2 is 1.94 bits per heavy atom. The molecule has 1 rings (SSSR count). The zero-order valence-electron chi connectivity index (χ0n) is 11.1. The van der Waals surface area contributed by atoms with Gasteiger partial charge in [0.2, 0.25) is 0 Å². The van der Waals surface area contributed by atoms with Crippen LogP contribution in [-0.4, -0.2) is 12.6 Å². The van der Waals surface area contributed by atoms with Crippen molar-refractivity contribution in [2.24, 2.45) is 5.92 Å². The van der Waals surface area contributed by atoms with E-state index in [0.717, 1.165) is 17.9 Å². The van der Waals surface area contributed by atoms with Crippen LogP contribution in [0.2, 0.25) is 5.02 Å². The van der Waals surface area contributed by atoms with Gasteiger partial charge in [-0.25, -0.2) is 0 Å². The predicted molar refractivity (Wildman–Crippen MR) is 73.8 cm³/mol. The topological polar surface area (TPSA) is 21.3 Å². The van der Waals surface area contributed by atoms with Crippen LogP contribution in [0.4, 0.5) is 0 Å². The highest BCUT2D eigenvalue weighted by Gasteiger charge is 2.09. The standard InChI is InChI=1S/C14H22ClNO/c1-10(2)9-17-14-12(8-16-11(3)4)6-5-7-13(14)15/h5-7,10-11,16H,8-9H2,1-4H3. The van der Waals surface area contributed by atoms with Gasteiger partial charge in [-0.05, 0) is 12.0 Å². The molecule has 0 amide bonds. The van der Waals surface area contributed by atoms with Crippen molar-refractivity contribution < 1.29 is 4.74 Å². The first-order valence-electron chi connectivity index (χ1n) is 6.14. The predicted octanol–water partition coefficient (Wildman–Crippen LogP) is 3.87. The van der Waals surface area contributed by atoms with Gasteiger partial charge in [0.15, 0.2) is 0 Å². The zero-order valence-corrected chi connectivity index (χ0v) is 11.8. The summed E-state index contributed by atoms with van der Waals surface area (Å²) >= 11 is 6.18. The minimum atomic E-state index is 0.451. The number of benzene rings is 1. The summed E-state index contributed by atoms with van der Waals surface area (Å²) in [6.07, 6.45) is 0. The summed E-state index contributed by atoms with van der Waals surface area (Å²) in [5.41, 5.74) is 1.12. The number of para-hydroxylation sites is 1. The van der Waals surface area contributed by atoms with E-state index < -0.39 is 0 Å². The van der Waals surface area contributed by atoms with Crippen molar-refractivity contribution in [3.8, 4) is 5.75 Å². The Balaban J connectivity index is 2.76. The molecule has 0 saturated carbocycles. The molecule has 17 heavy (non-hydrogen) atoms. The lowest BCUT2D eigenvalue weighted by Crippen LogP contribution is -2.22. The van der Waals surface area contributed by atoms with Crippen LogP contribution in [0.25, 0.3) is 0 Å². The van der Waals surface area contributed by atoms with Crippen LogP contribution in [-0.2, 0) is 6.54 Å². The van der Waals surface area contributed by atoms with Crippen molar-refractivity contribution >= 4 is 11.6 Å². The highest BCUT2D eigenvalue weighted by Crippen LogP contribution is 2.29. The van der Waals surface area contributed by atoms with Crippen LogP contribution >= 0.6 is 11.6 Å². The van der Waals surface area contributed by atoms with Crippen LogP contribution in [0.1, 0.15) is 33.3 Å². The molecule has 96 valence electrons. The van der Waals surface area contributed by atoms with E-state index in [1.165, 1.54) is 0 Å². The third-order valence-electron chi connectivity index (χ3n) is 2.31. The average molecular weight is 256 g/mol. The summed E-state index contributed by atoms with van der Waals surface area (Å²) in [5.74, 6) is 1.31. The number of nitrogens with one attached hydrogen (secondary N) is 1. The van der Waals surface area contributed by atoms with E-state index in [9.17, 15) is 0 Å². The minimum Gasteiger partial charge on any atom is -0.491 e. The van der Waals surface area contributed by atoms with E-state index in [-0.39, 0.29) is 0 Å². The van der Waals surface area contributed by atoms with Crippen molar-refractivity contribution in [1.29, 1.82) is 0 Å². The summed E-state index contributed by atoms with van der Waals surface area (Å²) in [7, 11) is 0. The van der Waals surface area contributed by atoms with Gasteiger partial charge in [-0.15, -0.1) is 0 Å². The highest BCUT2D eigenvalue weighted by molar-refractivity contribution is 6.32. The largest absolute Gasteiger partial charge is 0.491 e. The molecular formula is C14H22ClNO. The molecule has 0 aliphatic heterocycles. The van der Waals surface area contributed by atoms with E-state index >= 15 is 0 Å². The van der Waals surface area contributed by atoms with Crippen LogP contribution in [0.5, 0.6) is 5.75 Å². The second kappa shape index (κ2) is 6.87. The second-order valence-electron chi connectivity index (χ2n) is 4.97. The van der Waals surface area contributed by atoms with Gasteiger partial charge >= 0.3 is 0 Å². The van der Waals surface area contributed by atoms with Crippen molar-refractivity contribution in [3.05, 3.63) is 28.8 Å². The number of ether oxygens (including phenoxy) is 1. The van der Waals surface area contributed by atoms with Crippen molar-refractivity contribution in [1.82, 2.24) is 5.32 Å². The van der Waals surface area contributed by atoms with Gasteiger partial charge < -0.3 is 10.1 Å². The maximum Gasteiger partial charge on any atom is 0.142 e. The molecule has 2 nitrogen and oxygen atoms in total. The molecule has 0 aliphatic rings. The molecule has 0 saturated heterocycles.